The highest BCUT2D eigenvalue weighted by Crippen LogP contribution is 2.33. The van der Waals surface area contributed by atoms with Gasteiger partial charge in [-0.05, 0) is 55.0 Å². The molecule has 2 rings (SSSR count). The molecule has 29 heavy (non-hydrogen) atoms. The lowest BCUT2D eigenvalue weighted by Crippen LogP contribution is -2.21. The summed E-state index contributed by atoms with van der Waals surface area (Å²) in [7, 11) is 1.29. The van der Waals surface area contributed by atoms with E-state index in [0.717, 1.165) is 16.5 Å². The number of rotatable bonds is 8. The summed E-state index contributed by atoms with van der Waals surface area (Å²) >= 11 is 1.24. The van der Waals surface area contributed by atoms with Gasteiger partial charge in [0.1, 0.15) is 5.71 Å². The van der Waals surface area contributed by atoms with E-state index in [-0.39, 0.29) is 12.1 Å². The summed E-state index contributed by atoms with van der Waals surface area (Å²) in [5.41, 5.74) is 0.314. The van der Waals surface area contributed by atoms with E-state index in [1.807, 2.05) is 31.2 Å². The van der Waals surface area contributed by atoms with Crippen molar-refractivity contribution in [3.8, 4) is 0 Å². The van der Waals surface area contributed by atoms with Crippen molar-refractivity contribution in [2.45, 2.75) is 37.3 Å². The molecule has 0 saturated carbocycles. The van der Waals surface area contributed by atoms with Gasteiger partial charge < -0.3 is 4.74 Å². The van der Waals surface area contributed by atoms with Crippen LogP contribution in [0.25, 0.3) is 0 Å². The van der Waals surface area contributed by atoms with Crippen molar-refractivity contribution in [2.24, 2.45) is 4.99 Å². The van der Waals surface area contributed by atoms with Crippen molar-refractivity contribution in [2.75, 3.05) is 7.11 Å². The SMILES string of the molecule is COC(=O)CCC/C(=C/C(=Nc1ccccc1)C(F)(F)F)Sc1ccc(C)cc1. The van der Waals surface area contributed by atoms with Crippen LogP contribution in [0.15, 0.2) is 75.5 Å². The predicted molar refractivity (Wildman–Crippen MR) is 111 cm³/mol. The molecule has 0 aromatic heterocycles. The molecule has 2 aromatic rings. The first-order chi connectivity index (χ1) is 13.8. The fourth-order valence-corrected chi connectivity index (χ4v) is 3.38. The topological polar surface area (TPSA) is 38.7 Å². The molecule has 0 amide bonds. The number of esters is 1. The van der Waals surface area contributed by atoms with Crippen LogP contribution in [-0.2, 0) is 9.53 Å². The average molecular weight is 421 g/mol. The first-order valence-electron chi connectivity index (χ1n) is 9.01. The van der Waals surface area contributed by atoms with E-state index in [0.29, 0.717) is 17.7 Å². The van der Waals surface area contributed by atoms with Crippen LogP contribution in [0.5, 0.6) is 0 Å². The fraction of sp³-hybridized carbons (Fsp3) is 0.273. The molecule has 3 nitrogen and oxygen atoms in total. The van der Waals surface area contributed by atoms with Crippen LogP contribution in [0.3, 0.4) is 0 Å². The van der Waals surface area contributed by atoms with Crippen molar-refractivity contribution in [3.63, 3.8) is 0 Å². The van der Waals surface area contributed by atoms with Crippen LogP contribution in [0.1, 0.15) is 24.8 Å². The van der Waals surface area contributed by atoms with Gasteiger partial charge >= 0.3 is 12.1 Å². The van der Waals surface area contributed by atoms with Gasteiger partial charge in [0, 0.05) is 11.3 Å². The number of nitrogens with zero attached hydrogens (tertiary/aromatic N) is 1. The molecule has 0 radical (unpaired) electrons. The lowest BCUT2D eigenvalue weighted by molar-refractivity contribution is -0.140. The van der Waals surface area contributed by atoms with E-state index in [2.05, 4.69) is 9.73 Å². The number of aliphatic imine (C=N–C) groups is 1. The molecular formula is C22H22F3NO2S. The minimum Gasteiger partial charge on any atom is -0.469 e. The first-order valence-corrected chi connectivity index (χ1v) is 9.82. The zero-order valence-corrected chi connectivity index (χ0v) is 17.0. The predicted octanol–water partition coefficient (Wildman–Crippen LogP) is 6.65. The lowest BCUT2D eigenvalue weighted by atomic mass is 10.2. The van der Waals surface area contributed by atoms with Crippen LogP contribution < -0.4 is 0 Å². The molecule has 0 saturated heterocycles. The average Bonchev–Trinajstić information content (AvgIpc) is 2.69. The van der Waals surface area contributed by atoms with Crippen LogP contribution in [0, 0.1) is 6.92 Å². The number of hydrogen-bond acceptors (Lipinski definition) is 4. The number of halogens is 3. The van der Waals surface area contributed by atoms with Crippen molar-refractivity contribution in [3.05, 3.63) is 71.1 Å². The third-order valence-electron chi connectivity index (χ3n) is 3.90. The van der Waals surface area contributed by atoms with E-state index in [4.69, 9.17) is 0 Å². The molecule has 0 N–H and O–H groups in total. The second-order valence-electron chi connectivity index (χ2n) is 6.29. The summed E-state index contributed by atoms with van der Waals surface area (Å²) in [6, 6.07) is 15.5. The van der Waals surface area contributed by atoms with E-state index in [1.165, 1.54) is 31.0 Å². The van der Waals surface area contributed by atoms with Crippen molar-refractivity contribution >= 4 is 29.1 Å². The Balaban J connectivity index is 2.33. The zero-order valence-electron chi connectivity index (χ0n) is 16.2. The number of alkyl halides is 3. The van der Waals surface area contributed by atoms with E-state index < -0.39 is 17.9 Å². The van der Waals surface area contributed by atoms with Gasteiger partial charge in [0.05, 0.1) is 12.8 Å². The zero-order chi connectivity index (χ0) is 21.3. The Kier molecular flexibility index (Phi) is 8.51. The molecule has 0 aliphatic rings. The Bertz CT molecular complexity index is 860. The first kappa shape index (κ1) is 22.7. The summed E-state index contributed by atoms with van der Waals surface area (Å²) in [5.74, 6) is -0.390. The van der Waals surface area contributed by atoms with Gasteiger partial charge in [-0.25, -0.2) is 4.99 Å². The molecule has 7 heteroatoms. The van der Waals surface area contributed by atoms with Crippen LogP contribution in [-0.4, -0.2) is 25.0 Å². The molecule has 0 bridgehead atoms. The smallest absolute Gasteiger partial charge is 0.433 e. The second-order valence-corrected chi connectivity index (χ2v) is 7.49. The van der Waals surface area contributed by atoms with Crippen LogP contribution >= 0.6 is 11.8 Å². The van der Waals surface area contributed by atoms with Crippen molar-refractivity contribution in [1.29, 1.82) is 0 Å². The molecule has 0 heterocycles. The molecule has 0 fully saturated rings. The molecule has 0 unspecified atom stereocenters. The molecule has 2 aromatic carbocycles. The van der Waals surface area contributed by atoms with Gasteiger partial charge in [-0.15, -0.1) is 0 Å². The highest BCUT2D eigenvalue weighted by atomic mass is 32.2. The Labute approximate surface area is 172 Å². The Hall–Kier alpha value is -2.54. The number of carbonyl (C=O) groups is 1. The highest BCUT2D eigenvalue weighted by molar-refractivity contribution is 8.03. The van der Waals surface area contributed by atoms with Gasteiger partial charge in [0.25, 0.3) is 0 Å². The molecule has 0 aliphatic carbocycles. The normalized spacial score (nSPS) is 12.7. The number of allylic oxidation sites excluding steroid dienone is 2. The largest absolute Gasteiger partial charge is 0.469 e. The third kappa shape index (κ3) is 8.15. The van der Waals surface area contributed by atoms with Gasteiger partial charge in [0.2, 0.25) is 0 Å². The molecule has 0 aliphatic heterocycles. The Morgan fingerprint density at radius 3 is 2.31 bits per heavy atom. The summed E-state index contributed by atoms with van der Waals surface area (Å²) in [6.07, 6.45) is -2.71. The second kappa shape index (κ2) is 10.9. The maximum absolute atomic E-state index is 13.6. The Morgan fingerprint density at radius 2 is 1.72 bits per heavy atom. The number of aryl methyl sites for hydroxylation is 1. The quantitative estimate of drug-likeness (QED) is 0.272. The van der Waals surface area contributed by atoms with Crippen LogP contribution in [0.2, 0.25) is 0 Å². The Morgan fingerprint density at radius 1 is 1.07 bits per heavy atom. The standard InChI is InChI=1S/C22H22F3NO2S/c1-16-11-13-18(14-12-16)29-19(9-6-10-21(27)28-2)15-20(22(23,24)25)26-17-7-4-3-5-8-17/h3-5,7-8,11-15H,6,9-10H2,1-2H3/b19-15-,26-20?. The van der Waals surface area contributed by atoms with Gasteiger partial charge in [-0.1, -0.05) is 47.7 Å². The number of thioether (sulfide) groups is 1. The van der Waals surface area contributed by atoms with E-state index in [1.54, 1.807) is 18.2 Å². The van der Waals surface area contributed by atoms with Crippen LogP contribution in [0.4, 0.5) is 18.9 Å². The van der Waals surface area contributed by atoms with Crippen molar-refractivity contribution in [1.82, 2.24) is 0 Å². The number of hydrogen-bond donors (Lipinski definition) is 0. The van der Waals surface area contributed by atoms with Gasteiger partial charge in [-0.3, -0.25) is 4.79 Å². The molecule has 154 valence electrons. The summed E-state index contributed by atoms with van der Waals surface area (Å²) in [4.78, 5) is 16.5. The number of ether oxygens (including phenoxy) is 1. The van der Waals surface area contributed by atoms with E-state index in [9.17, 15) is 18.0 Å². The lowest BCUT2D eigenvalue weighted by Gasteiger charge is -2.12. The molecular weight excluding hydrogens is 399 g/mol. The minimum atomic E-state index is -4.60. The minimum absolute atomic E-state index is 0.138. The van der Waals surface area contributed by atoms with Gasteiger partial charge in [0.15, 0.2) is 0 Å². The number of benzene rings is 2. The summed E-state index contributed by atoms with van der Waals surface area (Å²) < 4.78 is 45.4. The number of methoxy groups -OCH3 is 1. The van der Waals surface area contributed by atoms with E-state index >= 15 is 0 Å². The molecule has 0 atom stereocenters. The monoisotopic (exact) mass is 421 g/mol. The maximum Gasteiger partial charge on any atom is 0.433 e. The number of carbonyl (C=O) groups excluding carboxylic acids is 1. The third-order valence-corrected chi connectivity index (χ3v) is 4.99. The van der Waals surface area contributed by atoms with Gasteiger partial charge in [-0.2, -0.15) is 13.2 Å². The molecule has 0 spiro atoms. The summed E-state index contributed by atoms with van der Waals surface area (Å²) in [6.45, 7) is 1.94. The summed E-state index contributed by atoms with van der Waals surface area (Å²) in [5, 5.41) is 0. The highest BCUT2D eigenvalue weighted by Gasteiger charge is 2.34. The maximum atomic E-state index is 13.6. The van der Waals surface area contributed by atoms with Crippen molar-refractivity contribution < 1.29 is 22.7 Å². The fourth-order valence-electron chi connectivity index (χ4n) is 2.39. The number of para-hydroxylation sites is 1.